The van der Waals surface area contributed by atoms with E-state index >= 15 is 0 Å². The van der Waals surface area contributed by atoms with Crippen molar-refractivity contribution in [2.24, 2.45) is 0 Å². The first-order valence-electron chi connectivity index (χ1n) is 5.88. The molecule has 1 aliphatic heterocycles. The molecule has 1 saturated heterocycles. The number of benzene rings is 1. The fourth-order valence-corrected chi connectivity index (χ4v) is 2.27. The lowest BCUT2D eigenvalue weighted by atomic mass is 10.0. The molecule has 1 aromatic rings. The van der Waals surface area contributed by atoms with Gasteiger partial charge in [0.1, 0.15) is 17.4 Å². The van der Waals surface area contributed by atoms with E-state index in [0.717, 1.165) is 38.3 Å². The minimum absolute atomic E-state index is 0.0910. The fourth-order valence-electron chi connectivity index (χ4n) is 2.27. The average molecular weight is 254 g/mol. The van der Waals surface area contributed by atoms with Crippen molar-refractivity contribution in [1.82, 2.24) is 10.2 Å². The van der Waals surface area contributed by atoms with E-state index < -0.39 is 17.7 Å². The Morgan fingerprint density at radius 1 is 1.33 bits per heavy atom. The Bertz CT molecular complexity index is 422. The molecule has 0 aromatic heterocycles. The summed E-state index contributed by atoms with van der Waals surface area (Å²) in [7, 11) is 0. The molecule has 0 unspecified atom stereocenters. The zero-order valence-electron chi connectivity index (χ0n) is 10.00. The van der Waals surface area contributed by atoms with E-state index in [-0.39, 0.29) is 11.3 Å². The highest BCUT2D eigenvalue weighted by Crippen LogP contribution is 2.32. The Morgan fingerprint density at radius 2 is 2.00 bits per heavy atom. The van der Waals surface area contributed by atoms with Gasteiger partial charge in [-0.1, -0.05) is 6.08 Å². The Hall–Kier alpha value is -1.46. The van der Waals surface area contributed by atoms with Gasteiger partial charge in [-0.3, -0.25) is 4.90 Å². The van der Waals surface area contributed by atoms with Crippen molar-refractivity contribution in [2.45, 2.75) is 6.04 Å². The highest BCUT2D eigenvalue weighted by atomic mass is 19.1. The maximum Gasteiger partial charge on any atom is 0.134 e. The summed E-state index contributed by atoms with van der Waals surface area (Å²) in [5.41, 5.74) is 0.0910. The van der Waals surface area contributed by atoms with Gasteiger partial charge in [0, 0.05) is 38.3 Å². The zero-order valence-corrected chi connectivity index (χ0v) is 10.00. The van der Waals surface area contributed by atoms with E-state index in [9.17, 15) is 13.9 Å². The molecule has 1 atom stereocenters. The Morgan fingerprint density at radius 3 is 2.56 bits per heavy atom. The number of phenolic OH excluding ortho intramolecular Hbond substituents is 1. The quantitative estimate of drug-likeness (QED) is 0.807. The minimum atomic E-state index is -0.781. The van der Waals surface area contributed by atoms with Crippen molar-refractivity contribution in [1.29, 1.82) is 0 Å². The molecular weight excluding hydrogens is 238 g/mol. The molecule has 1 aromatic carbocycles. The SMILES string of the molecule is C=C[C@H](c1c(O)cc(F)cc1F)N1CCNCC1. The topological polar surface area (TPSA) is 35.5 Å². The van der Waals surface area contributed by atoms with Crippen LogP contribution in [0, 0.1) is 11.6 Å². The number of phenols is 1. The molecule has 1 aliphatic rings. The number of rotatable bonds is 3. The number of hydrogen-bond acceptors (Lipinski definition) is 3. The predicted octanol–water partition coefficient (Wildman–Crippen LogP) is 1.80. The van der Waals surface area contributed by atoms with Gasteiger partial charge in [0.05, 0.1) is 11.6 Å². The normalized spacial score (nSPS) is 18.6. The first-order valence-corrected chi connectivity index (χ1v) is 5.88. The van der Waals surface area contributed by atoms with Crippen LogP contribution in [0.3, 0.4) is 0 Å². The molecule has 0 aliphatic carbocycles. The summed E-state index contributed by atoms with van der Waals surface area (Å²) in [5.74, 6) is -1.89. The summed E-state index contributed by atoms with van der Waals surface area (Å²) < 4.78 is 26.8. The summed E-state index contributed by atoms with van der Waals surface area (Å²) in [6, 6.07) is 1.28. The molecule has 98 valence electrons. The van der Waals surface area contributed by atoms with E-state index in [4.69, 9.17) is 0 Å². The van der Waals surface area contributed by atoms with Crippen LogP contribution >= 0.6 is 0 Å². The molecule has 18 heavy (non-hydrogen) atoms. The van der Waals surface area contributed by atoms with Gasteiger partial charge < -0.3 is 10.4 Å². The van der Waals surface area contributed by atoms with Crippen molar-refractivity contribution in [3.63, 3.8) is 0 Å². The molecule has 1 fully saturated rings. The summed E-state index contributed by atoms with van der Waals surface area (Å²) in [4.78, 5) is 2.00. The van der Waals surface area contributed by atoms with Crippen LogP contribution in [0.25, 0.3) is 0 Å². The number of nitrogens with zero attached hydrogens (tertiary/aromatic N) is 1. The monoisotopic (exact) mass is 254 g/mol. The molecule has 0 amide bonds. The van der Waals surface area contributed by atoms with E-state index in [1.54, 1.807) is 6.08 Å². The Kier molecular flexibility index (Phi) is 3.93. The van der Waals surface area contributed by atoms with E-state index in [1.807, 2.05) is 4.90 Å². The number of aromatic hydroxyl groups is 1. The fraction of sp³-hybridized carbons (Fsp3) is 0.385. The van der Waals surface area contributed by atoms with Crippen molar-refractivity contribution in [3.8, 4) is 5.75 Å². The molecule has 0 bridgehead atoms. The first-order chi connectivity index (χ1) is 8.63. The third-order valence-electron chi connectivity index (χ3n) is 3.14. The van der Waals surface area contributed by atoms with E-state index in [2.05, 4.69) is 11.9 Å². The van der Waals surface area contributed by atoms with Crippen LogP contribution in [0.1, 0.15) is 11.6 Å². The van der Waals surface area contributed by atoms with Crippen LogP contribution in [0.4, 0.5) is 8.78 Å². The maximum atomic E-state index is 13.8. The lowest BCUT2D eigenvalue weighted by Crippen LogP contribution is -2.44. The maximum absolute atomic E-state index is 13.8. The van der Waals surface area contributed by atoms with Crippen LogP contribution in [0.15, 0.2) is 24.8 Å². The van der Waals surface area contributed by atoms with Gasteiger partial charge in [-0.15, -0.1) is 6.58 Å². The van der Waals surface area contributed by atoms with Gasteiger partial charge >= 0.3 is 0 Å². The molecule has 3 nitrogen and oxygen atoms in total. The summed E-state index contributed by atoms with van der Waals surface area (Å²) in [5, 5.41) is 12.9. The van der Waals surface area contributed by atoms with Crippen molar-refractivity contribution in [3.05, 3.63) is 42.0 Å². The summed E-state index contributed by atoms with van der Waals surface area (Å²) in [6.07, 6.45) is 1.57. The van der Waals surface area contributed by atoms with Crippen LogP contribution in [0.5, 0.6) is 5.75 Å². The van der Waals surface area contributed by atoms with Crippen molar-refractivity contribution >= 4 is 0 Å². The van der Waals surface area contributed by atoms with Gasteiger partial charge in [-0.05, 0) is 0 Å². The molecule has 0 spiro atoms. The predicted molar refractivity (Wildman–Crippen MR) is 65.4 cm³/mol. The average Bonchev–Trinajstić information content (AvgIpc) is 2.34. The third kappa shape index (κ3) is 2.52. The van der Waals surface area contributed by atoms with Crippen molar-refractivity contribution < 1.29 is 13.9 Å². The summed E-state index contributed by atoms with van der Waals surface area (Å²) >= 11 is 0. The van der Waals surface area contributed by atoms with Crippen molar-refractivity contribution in [2.75, 3.05) is 26.2 Å². The zero-order chi connectivity index (χ0) is 13.1. The van der Waals surface area contributed by atoms with Gasteiger partial charge in [0.2, 0.25) is 0 Å². The first kappa shape index (κ1) is 13.0. The van der Waals surface area contributed by atoms with Gasteiger partial charge in [-0.25, -0.2) is 8.78 Å². The minimum Gasteiger partial charge on any atom is -0.507 e. The lowest BCUT2D eigenvalue weighted by Gasteiger charge is -2.33. The highest BCUT2D eigenvalue weighted by Gasteiger charge is 2.25. The lowest BCUT2D eigenvalue weighted by molar-refractivity contribution is 0.197. The molecule has 5 heteroatoms. The molecule has 1 heterocycles. The molecule has 2 rings (SSSR count). The molecule has 0 radical (unpaired) electrons. The van der Waals surface area contributed by atoms with E-state index in [0.29, 0.717) is 0 Å². The molecular formula is C13H16F2N2O. The Labute approximate surface area is 105 Å². The third-order valence-corrected chi connectivity index (χ3v) is 3.14. The van der Waals surface area contributed by atoms with Crippen LogP contribution in [0.2, 0.25) is 0 Å². The van der Waals surface area contributed by atoms with E-state index in [1.165, 1.54) is 0 Å². The standard InChI is InChI=1S/C13H16F2N2O/c1-2-11(17-5-3-16-4-6-17)13-10(15)7-9(14)8-12(13)18/h2,7-8,11,16,18H,1,3-6H2/t11-/m1/s1. The molecule has 2 N–H and O–H groups in total. The number of piperazine rings is 1. The van der Waals surface area contributed by atoms with Gasteiger partial charge in [-0.2, -0.15) is 0 Å². The van der Waals surface area contributed by atoms with Gasteiger partial charge in [0.15, 0.2) is 0 Å². The second-order valence-electron chi connectivity index (χ2n) is 4.29. The second-order valence-corrected chi connectivity index (χ2v) is 4.29. The smallest absolute Gasteiger partial charge is 0.134 e. The number of hydrogen-bond donors (Lipinski definition) is 2. The van der Waals surface area contributed by atoms with Crippen LogP contribution in [-0.2, 0) is 0 Å². The second kappa shape index (κ2) is 5.46. The van der Waals surface area contributed by atoms with Gasteiger partial charge in [0.25, 0.3) is 0 Å². The number of nitrogens with one attached hydrogen (secondary N) is 1. The largest absolute Gasteiger partial charge is 0.507 e. The highest BCUT2D eigenvalue weighted by molar-refractivity contribution is 5.38. The number of halogens is 2. The van der Waals surface area contributed by atoms with Crippen LogP contribution in [-0.4, -0.2) is 36.2 Å². The molecule has 0 saturated carbocycles. The van der Waals surface area contributed by atoms with Crippen LogP contribution < -0.4 is 5.32 Å². The summed E-state index contributed by atoms with van der Waals surface area (Å²) in [6.45, 7) is 6.74. The Balaban J connectivity index is 2.35.